The molecule has 3 rings (SSSR count). The Balaban J connectivity index is 1.65. The Bertz CT molecular complexity index is 916. The maximum Gasteiger partial charge on any atom is 0.252 e. The Morgan fingerprint density at radius 1 is 1.20 bits per heavy atom. The van der Waals surface area contributed by atoms with Gasteiger partial charge in [-0.3, -0.25) is 4.90 Å². The molecule has 1 fully saturated rings. The summed E-state index contributed by atoms with van der Waals surface area (Å²) < 4.78 is 41.7. The maximum atomic E-state index is 13.9. The van der Waals surface area contributed by atoms with E-state index in [4.69, 9.17) is 5.26 Å². The molecule has 2 heterocycles. The Labute approximate surface area is 158 Å². The quantitative estimate of drug-likeness (QED) is 0.728. The summed E-state index contributed by atoms with van der Waals surface area (Å²) in [6, 6.07) is 9.61. The first kappa shape index (κ1) is 18.5. The number of thiophene rings is 1. The van der Waals surface area contributed by atoms with Crippen LogP contribution in [0.15, 0.2) is 38.3 Å². The number of benzene rings is 1. The van der Waals surface area contributed by atoms with E-state index in [2.05, 4.69) is 15.9 Å². The first-order valence-corrected chi connectivity index (χ1v) is 10.6. The van der Waals surface area contributed by atoms with Gasteiger partial charge in [-0.1, -0.05) is 0 Å². The normalized spacial score (nSPS) is 16.7. The standard InChI is InChI=1S/C16H15BrFN3O2S2/c17-15-3-4-16(24-15)25(22,23)21-7-5-20(6-8-21)11-13-9-12(10-19)1-2-14(13)18/h1-4,9H,5-8,11H2. The van der Waals surface area contributed by atoms with Gasteiger partial charge in [0.2, 0.25) is 0 Å². The van der Waals surface area contributed by atoms with E-state index in [1.807, 2.05) is 11.0 Å². The van der Waals surface area contributed by atoms with Crippen LogP contribution in [-0.4, -0.2) is 43.8 Å². The van der Waals surface area contributed by atoms with Crippen molar-refractivity contribution in [2.75, 3.05) is 26.2 Å². The molecule has 0 radical (unpaired) electrons. The van der Waals surface area contributed by atoms with Gasteiger partial charge in [0.15, 0.2) is 0 Å². The smallest absolute Gasteiger partial charge is 0.252 e. The molecule has 0 N–H and O–H groups in total. The number of hydrogen-bond acceptors (Lipinski definition) is 5. The van der Waals surface area contributed by atoms with Gasteiger partial charge in [0, 0.05) is 38.3 Å². The van der Waals surface area contributed by atoms with Crippen LogP contribution in [0.4, 0.5) is 4.39 Å². The van der Waals surface area contributed by atoms with E-state index in [-0.39, 0.29) is 5.82 Å². The molecule has 0 bridgehead atoms. The fraction of sp³-hybridized carbons (Fsp3) is 0.312. The number of piperazine rings is 1. The van der Waals surface area contributed by atoms with E-state index in [0.29, 0.717) is 48.1 Å². The van der Waals surface area contributed by atoms with Gasteiger partial charge in [-0.25, -0.2) is 12.8 Å². The number of halogens is 2. The number of hydrogen-bond donors (Lipinski definition) is 0. The Morgan fingerprint density at radius 2 is 1.92 bits per heavy atom. The van der Waals surface area contributed by atoms with Crippen molar-refractivity contribution in [3.63, 3.8) is 0 Å². The van der Waals surface area contributed by atoms with Gasteiger partial charge in [-0.2, -0.15) is 9.57 Å². The van der Waals surface area contributed by atoms with Crippen molar-refractivity contribution in [1.82, 2.24) is 9.21 Å². The predicted molar refractivity (Wildman–Crippen MR) is 97.2 cm³/mol. The Hall–Kier alpha value is -1.31. The molecule has 132 valence electrons. The third-order valence-electron chi connectivity index (χ3n) is 4.04. The third-order valence-corrected chi connectivity index (χ3v) is 8.03. The highest BCUT2D eigenvalue weighted by Gasteiger charge is 2.29. The van der Waals surface area contributed by atoms with Crippen LogP contribution in [0.5, 0.6) is 0 Å². The topological polar surface area (TPSA) is 64.4 Å². The van der Waals surface area contributed by atoms with E-state index in [1.165, 1.54) is 27.8 Å². The van der Waals surface area contributed by atoms with Gasteiger partial charge in [-0.05, 0) is 46.3 Å². The van der Waals surface area contributed by atoms with E-state index in [0.717, 1.165) is 3.79 Å². The monoisotopic (exact) mass is 443 g/mol. The number of sulfonamides is 1. The molecule has 2 aromatic rings. The molecule has 1 aliphatic heterocycles. The second kappa shape index (κ2) is 7.51. The number of rotatable bonds is 4. The minimum absolute atomic E-state index is 0.320. The molecule has 9 heteroatoms. The summed E-state index contributed by atoms with van der Waals surface area (Å²) in [5, 5.41) is 8.93. The van der Waals surface area contributed by atoms with Gasteiger partial charge in [0.25, 0.3) is 10.0 Å². The summed E-state index contributed by atoms with van der Waals surface area (Å²) in [7, 11) is -3.48. The lowest BCUT2D eigenvalue weighted by molar-refractivity contribution is 0.180. The average Bonchev–Trinajstić information content (AvgIpc) is 3.05. The van der Waals surface area contributed by atoms with E-state index in [9.17, 15) is 12.8 Å². The van der Waals surface area contributed by atoms with Gasteiger partial charge in [-0.15, -0.1) is 11.3 Å². The summed E-state index contributed by atoms with van der Waals surface area (Å²) in [6.45, 7) is 2.11. The van der Waals surface area contributed by atoms with Crippen LogP contribution in [0.1, 0.15) is 11.1 Å². The molecule has 0 saturated carbocycles. The molecule has 1 aromatic carbocycles. The second-order valence-electron chi connectivity index (χ2n) is 5.66. The minimum Gasteiger partial charge on any atom is -0.296 e. The van der Waals surface area contributed by atoms with Crippen LogP contribution >= 0.6 is 27.3 Å². The van der Waals surface area contributed by atoms with Crippen molar-refractivity contribution in [2.45, 2.75) is 10.8 Å². The van der Waals surface area contributed by atoms with Crippen molar-refractivity contribution < 1.29 is 12.8 Å². The van der Waals surface area contributed by atoms with Crippen LogP contribution in [0.2, 0.25) is 0 Å². The maximum absolute atomic E-state index is 13.9. The molecule has 1 aromatic heterocycles. The third kappa shape index (κ3) is 4.10. The van der Waals surface area contributed by atoms with E-state index < -0.39 is 10.0 Å². The molecule has 0 unspecified atom stereocenters. The van der Waals surface area contributed by atoms with Gasteiger partial charge < -0.3 is 0 Å². The van der Waals surface area contributed by atoms with Crippen molar-refractivity contribution >= 4 is 37.3 Å². The highest BCUT2D eigenvalue weighted by molar-refractivity contribution is 9.11. The summed E-state index contributed by atoms with van der Waals surface area (Å²) in [4.78, 5) is 2.00. The Morgan fingerprint density at radius 3 is 2.52 bits per heavy atom. The van der Waals surface area contributed by atoms with E-state index >= 15 is 0 Å². The molecule has 5 nitrogen and oxygen atoms in total. The lowest BCUT2D eigenvalue weighted by Gasteiger charge is -2.33. The average molecular weight is 444 g/mol. The first-order chi connectivity index (χ1) is 11.9. The molecule has 0 atom stereocenters. The Kier molecular flexibility index (Phi) is 5.55. The summed E-state index contributed by atoms with van der Waals surface area (Å²) in [6.07, 6.45) is 0. The fourth-order valence-electron chi connectivity index (χ4n) is 2.70. The molecular formula is C16H15BrFN3O2S2. The summed E-state index contributed by atoms with van der Waals surface area (Å²) in [5.41, 5.74) is 0.874. The van der Waals surface area contributed by atoms with Crippen molar-refractivity contribution in [1.29, 1.82) is 5.26 Å². The fourth-order valence-corrected chi connectivity index (χ4v) is 6.28. The predicted octanol–water partition coefficient (Wildman–Crippen LogP) is 3.03. The molecule has 1 aliphatic rings. The van der Waals surface area contributed by atoms with Crippen LogP contribution in [0.3, 0.4) is 0 Å². The number of nitrogens with zero attached hydrogens (tertiary/aromatic N) is 3. The van der Waals surface area contributed by atoms with Crippen LogP contribution < -0.4 is 0 Å². The van der Waals surface area contributed by atoms with Crippen molar-refractivity contribution in [2.24, 2.45) is 0 Å². The van der Waals surface area contributed by atoms with E-state index in [1.54, 1.807) is 18.2 Å². The minimum atomic E-state index is -3.48. The molecule has 25 heavy (non-hydrogen) atoms. The number of nitriles is 1. The zero-order chi connectivity index (χ0) is 18.0. The van der Waals surface area contributed by atoms with Gasteiger partial charge >= 0.3 is 0 Å². The largest absolute Gasteiger partial charge is 0.296 e. The highest BCUT2D eigenvalue weighted by Crippen LogP contribution is 2.29. The molecule has 1 saturated heterocycles. The lowest BCUT2D eigenvalue weighted by Crippen LogP contribution is -2.48. The van der Waals surface area contributed by atoms with Crippen LogP contribution in [0.25, 0.3) is 0 Å². The lowest BCUT2D eigenvalue weighted by atomic mass is 10.1. The highest BCUT2D eigenvalue weighted by atomic mass is 79.9. The van der Waals surface area contributed by atoms with Crippen LogP contribution in [-0.2, 0) is 16.6 Å². The second-order valence-corrected chi connectivity index (χ2v) is 10.3. The first-order valence-electron chi connectivity index (χ1n) is 7.56. The van der Waals surface area contributed by atoms with Gasteiger partial charge in [0.05, 0.1) is 15.4 Å². The molecular weight excluding hydrogens is 429 g/mol. The zero-order valence-electron chi connectivity index (χ0n) is 13.2. The molecule has 0 spiro atoms. The zero-order valence-corrected chi connectivity index (χ0v) is 16.4. The van der Waals surface area contributed by atoms with Gasteiger partial charge in [0.1, 0.15) is 10.0 Å². The summed E-state index contributed by atoms with van der Waals surface area (Å²) >= 11 is 4.47. The molecule has 0 aliphatic carbocycles. The van der Waals surface area contributed by atoms with Crippen LogP contribution in [0, 0.1) is 17.1 Å². The molecule has 0 amide bonds. The van der Waals surface area contributed by atoms with Crippen molar-refractivity contribution in [3.05, 3.63) is 51.1 Å². The SMILES string of the molecule is N#Cc1ccc(F)c(CN2CCN(S(=O)(=O)c3ccc(Br)s3)CC2)c1. The van der Waals surface area contributed by atoms with Crippen molar-refractivity contribution in [3.8, 4) is 6.07 Å². The summed E-state index contributed by atoms with van der Waals surface area (Å²) in [5.74, 6) is -0.350.